The van der Waals surface area contributed by atoms with Crippen LogP contribution in [0.2, 0.25) is 0 Å². The maximum atomic E-state index is 14.2. The first-order valence-corrected chi connectivity index (χ1v) is 6.34. The molecule has 1 N–H and O–H groups in total. The van der Waals surface area contributed by atoms with E-state index in [1.807, 2.05) is 0 Å². The third kappa shape index (κ3) is 3.22. The molecule has 1 heterocycles. The second-order valence-corrected chi connectivity index (χ2v) is 4.67. The van der Waals surface area contributed by atoms with E-state index in [9.17, 15) is 13.9 Å². The van der Waals surface area contributed by atoms with E-state index in [1.54, 1.807) is 12.1 Å². The van der Waals surface area contributed by atoms with Gasteiger partial charge in [0, 0.05) is 66.2 Å². The van der Waals surface area contributed by atoms with Crippen molar-refractivity contribution in [3.05, 3.63) is 78.1 Å². The molecular weight excluding hydrogens is 563 g/mol. The predicted octanol–water partition coefficient (Wildman–Crippen LogP) is 4.17. The van der Waals surface area contributed by atoms with Crippen molar-refractivity contribution in [2.24, 2.45) is 0 Å². The van der Waals surface area contributed by atoms with Crippen molar-refractivity contribution < 1.29 is 68.3 Å². The summed E-state index contributed by atoms with van der Waals surface area (Å²) in [6, 6.07) is 5.74. The summed E-state index contributed by atoms with van der Waals surface area (Å²) in [7, 11) is 0. The molecule has 6 heteroatoms. The number of ether oxygens (including phenoxy) is 1. The number of halogens is 2. The molecule has 1 radical (unpaired) electrons. The molecule has 0 spiro atoms. The fraction of sp³-hybridized carbons (Fsp3) is 0.0588. The van der Waals surface area contributed by atoms with Crippen LogP contribution in [-0.4, -0.2) is 5.11 Å². The fourth-order valence-electron chi connectivity index (χ4n) is 2.56. The van der Waals surface area contributed by atoms with Gasteiger partial charge in [0.1, 0.15) is 17.6 Å². The van der Waals surface area contributed by atoms with Gasteiger partial charge in [-0.25, -0.2) is 8.78 Å². The van der Waals surface area contributed by atoms with E-state index in [-0.39, 0.29) is 66.4 Å². The Morgan fingerprint density at radius 1 is 1.09 bits per heavy atom. The van der Waals surface area contributed by atoms with Crippen molar-refractivity contribution in [3.63, 3.8) is 0 Å². The molecule has 2 aromatic carbocycles. The number of rotatable bonds is 2. The van der Waals surface area contributed by atoms with Crippen molar-refractivity contribution >= 4 is 10.8 Å². The van der Waals surface area contributed by atoms with Crippen molar-refractivity contribution in [1.82, 2.24) is 0 Å². The van der Waals surface area contributed by atoms with Crippen LogP contribution in [-0.2, 0) is 18.6 Å². The summed E-state index contributed by atoms with van der Waals surface area (Å²) in [4.78, 5) is 0. The summed E-state index contributed by atoms with van der Waals surface area (Å²) in [5.41, 5.74) is 0.568. The molecule has 0 bridgehead atoms. The monoisotopic (exact) mass is 575 g/mol. The number of aliphatic hydroxyl groups excluding tert-OH is 1. The number of hydrogen-bond donors (Lipinski definition) is 1. The van der Waals surface area contributed by atoms with Crippen molar-refractivity contribution in [2.75, 3.05) is 0 Å². The first kappa shape index (κ1) is 20.2. The van der Waals surface area contributed by atoms with E-state index in [0.717, 1.165) is 6.07 Å². The molecule has 0 amide bonds. The van der Waals surface area contributed by atoms with Gasteiger partial charge < -0.3 is 9.84 Å². The first-order valence-electron chi connectivity index (χ1n) is 6.34. The van der Waals surface area contributed by atoms with Gasteiger partial charge >= 0.3 is 0 Å². The number of benzene rings is 2. The molecule has 0 aliphatic carbocycles. The number of hydrogen-bond acceptors (Lipinski definition) is 2. The van der Waals surface area contributed by atoms with Crippen LogP contribution in [0, 0.1) is 42.7 Å². The van der Waals surface area contributed by atoms with Gasteiger partial charge in [0.2, 0.25) is 0 Å². The van der Waals surface area contributed by atoms with Crippen molar-refractivity contribution in [2.45, 2.75) is 6.10 Å². The van der Waals surface area contributed by atoms with Crippen LogP contribution in [0.3, 0.4) is 0 Å². The molecule has 0 aromatic heterocycles. The summed E-state index contributed by atoms with van der Waals surface area (Å²) < 4.78 is 33.3. The van der Waals surface area contributed by atoms with Gasteiger partial charge in [0.05, 0.1) is 0 Å². The molecule has 1 aliphatic heterocycles. The van der Waals surface area contributed by atoms with Gasteiger partial charge in [-0.15, -0.1) is 0 Å². The molecule has 23 heavy (non-hydrogen) atoms. The van der Waals surface area contributed by atoms with Gasteiger partial charge in [-0.05, 0) is 23.6 Å². The molecular formula is C17H12F2O2UV. The molecule has 2 aromatic rings. The third-order valence-electron chi connectivity index (χ3n) is 3.55. The minimum atomic E-state index is -1.15. The summed E-state index contributed by atoms with van der Waals surface area (Å²) in [5.74, 6) is -1.35. The second-order valence-electron chi connectivity index (χ2n) is 4.67. The molecule has 1 atom stereocenters. The van der Waals surface area contributed by atoms with Crippen LogP contribution in [0.4, 0.5) is 8.78 Å². The van der Waals surface area contributed by atoms with Gasteiger partial charge in [-0.1, -0.05) is 31.4 Å². The molecule has 3 rings (SSSR count). The van der Waals surface area contributed by atoms with E-state index in [2.05, 4.69) is 13.2 Å². The van der Waals surface area contributed by atoms with Gasteiger partial charge in [0.15, 0.2) is 11.6 Å². The summed E-state index contributed by atoms with van der Waals surface area (Å²) in [6.07, 6.45) is 1.70. The molecule has 0 saturated heterocycles. The topological polar surface area (TPSA) is 29.5 Å². The molecule has 1 unspecified atom stereocenters. The van der Waals surface area contributed by atoms with Crippen LogP contribution >= 0.6 is 0 Å². The Labute approximate surface area is 168 Å². The van der Waals surface area contributed by atoms with Crippen LogP contribution in [0.25, 0.3) is 10.8 Å². The molecule has 1 aliphatic rings. The first-order chi connectivity index (χ1) is 10.1. The Balaban J connectivity index is 0.00000132. The number of aliphatic hydroxyl groups is 1. The summed E-state index contributed by atoms with van der Waals surface area (Å²) in [5, 5.41) is 11.0. The Kier molecular flexibility index (Phi) is 6.89. The minimum absolute atomic E-state index is 0. The number of allylic oxidation sites excluding steroid dienone is 1. The second kappa shape index (κ2) is 7.83. The fourth-order valence-corrected chi connectivity index (χ4v) is 2.56. The zero-order valence-electron chi connectivity index (χ0n) is 12.0. The van der Waals surface area contributed by atoms with Crippen LogP contribution in [0.15, 0.2) is 60.9 Å². The van der Waals surface area contributed by atoms with Crippen molar-refractivity contribution in [1.29, 1.82) is 0 Å². The van der Waals surface area contributed by atoms with E-state index >= 15 is 0 Å². The smallest absolute Gasteiger partial charge is 0.167 e. The predicted molar refractivity (Wildman–Crippen MR) is 76.9 cm³/mol. The minimum Gasteiger partial charge on any atom is -0.457 e. The molecule has 0 fully saturated rings. The average Bonchev–Trinajstić information content (AvgIpc) is 2.50. The van der Waals surface area contributed by atoms with Crippen LogP contribution < -0.4 is 4.74 Å². The van der Waals surface area contributed by atoms with E-state index < -0.39 is 17.7 Å². The maximum Gasteiger partial charge on any atom is 0.167 e. The maximum absolute atomic E-state index is 14.2. The Bertz CT molecular complexity index is 818. The number of fused-ring (bicyclic) bond motifs is 3. The zero-order valence-corrected chi connectivity index (χ0v) is 17.6. The van der Waals surface area contributed by atoms with Gasteiger partial charge in [-0.3, -0.25) is 0 Å². The largest absolute Gasteiger partial charge is 0.457 e. The van der Waals surface area contributed by atoms with Crippen molar-refractivity contribution in [3.8, 4) is 5.75 Å². The quantitative estimate of drug-likeness (QED) is 0.583. The summed E-state index contributed by atoms with van der Waals surface area (Å²) >= 11 is 0. The van der Waals surface area contributed by atoms with E-state index in [4.69, 9.17) is 4.74 Å². The van der Waals surface area contributed by atoms with Crippen LogP contribution in [0.1, 0.15) is 11.7 Å². The molecule has 0 saturated carbocycles. The zero-order chi connectivity index (χ0) is 15.1. The molecule has 2 nitrogen and oxygen atoms in total. The third-order valence-corrected chi connectivity index (χ3v) is 3.55. The van der Waals surface area contributed by atoms with Gasteiger partial charge in [-0.2, -0.15) is 0 Å². The van der Waals surface area contributed by atoms with Crippen LogP contribution in [0.5, 0.6) is 5.75 Å². The Morgan fingerprint density at radius 2 is 1.74 bits per heavy atom. The SMILES string of the molecule is C=CC1=C(C=C)C(O)c2c(ccc3ccc(F)c(F)c23)O1.[U].[V]. The summed E-state index contributed by atoms with van der Waals surface area (Å²) in [6.45, 7) is 7.22. The normalized spacial score (nSPS) is 15.9. The van der Waals surface area contributed by atoms with Gasteiger partial charge in [0.25, 0.3) is 0 Å². The van der Waals surface area contributed by atoms with E-state index in [0.29, 0.717) is 16.7 Å². The van der Waals surface area contributed by atoms with E-state index in [1.165, 1.54) is 18.2 Å². The molecule has 115 valence electrons. The Hall–Kier alpha value is -0.824. The standard InChI is InChI=1S/C17H12F2O2.U.V/c1-3-10-12(4-2)21-13-8-6-9-5-7-11(18)16(19)14(9)15(13)17(10)20;;/h3-8,17,20H,1-2H2;;. The Morgan fingerprint density at radius 3 is 2.35 bits per heavy atom. The average molecular weight is 575 g/mol.